The first kappa shape index (κ1) is 33.2. The summed E-state index contributed by atoms with van der Waals surface area (Å²) >= 11 is 6.65. The van der Waals surface area contributed by atoms with E-state index < -0.39 is 11.4 Å². The molecule has 1 saturated carbocycles. The monoisotopic (exact) mass is 703 g/mol. The number of aromatic nitrogens is 2. The summed E-state index contributed by atoms with van der Waals surface area (Å²) in [4.78, 5) is 29.3. The minimum absolute atomic E-state index is 0.00555. The van der Waals surface area contributed by atoms with E-state index in [2.05, 4.69) is 9.80 Å². The molecule has 50 heavy (non-hydrogen) atoms. The van der Waals surface area contributed by atoms with Gasteiger partial charge in [-0.05, 0) is 81.7 Å². The summed E-state index contributed by atoms with van der Waals surface area (Å²) in [6.45, 7) is 11.3. The molecule has 0 radical (unpaired) electrons. The van der Waals surface area contributed by atoms with Crippen LogP contribution in [0.25, 0.3) is 32.8 Å². The molecular weight excluding hydrogens is 661 g/mol. The first-order valence-corrected chi connectivity index (χ1v) is 18.0. The molecule has 8 rings (SSSR count). The summed E-state index contributed by atoms with van der Waals surface area (Å²) in [7, 11) is 0. The van der Waals surface area contributed by atoms with E-state index in [1.54, 1.807) is 24.3 Å². The van der Waals surface area contributed by atoms with Crippen LogP contribution in [0.3, 0.4) is 0 Å². The van der Waals surface area contributed by atoms with E-state index in [4.69, 9.17) is 35.8 Å². The molecule has 1 aromatic heterocycles. The van der Waals surface area contributed by atoms with Crippen molar-refractivity contribution < 1.29 is 28.5 Å². The summed E-state index contributed by atoms with van der Waals surface area (Å²) in [5.74, 6) is 0.0376. The fraction of sp³-hybridized carbons (Fsp3) is 0.500. The smallest absolute Gasteiger partial charge is 0.410 e. The van der Waals surface area contributed by atoms with Crippen molar-refractivity contribution in [3.8, 4) is 22.9 Å². The Kier molecular flexibility index (Phi) is 8.43. The highest BCUT2D eigenvalue weighted by Gasteiger charge is 2.46. The number of piperazine rings is 1. The number of ether oxygens (including phenoxy) is 3. The van der Waals surface area contributed by atoms with Crippen LogP contribution in [0, 0.1) is 11.2 Å². The standard InChI is InChI=1S/C38H43ClFN5O5/c1-37(2,3)50-36(47)45-24-7-8-25(45)20-44(19-24)34-28-10-9-27(29-18-26(46)17-23-5-4-6-30(39)31(23)29)32(40)33(28)41-35(42-34)49-22-38(11-12-38)21-43-13-15-48-16-14-43/h4-6,9-10,17-18,24-25,46H,7-8,11-16,19-22H2,1-3H3. The third-order valence-electron chi connectivity index (χ3n) is 10.5. The zero-order valence-corrected chi connectivity index (χ0v) is 29.5. The number of morpholine rings is 1. The molecule has 2 atom stereocenters. The number of aromatic hydroxyl groups is 1. The fourth-order valence-electron chi connectivity index (χ4n) is 7.88. The molecule has 3 aromatic carbocycles. The van der Waals surface area contributed by atoms with Gasteiger partial charge in [-0.1, -0.05) is 29.8 Å². The summed E-state index contributed by atoms with van der Waals surface area (Å²) in [6.07, 6.45) is 3.49. The second kappa shape index (κ2) is 12.7. The van der Waals surface area contributed by atoms with Crippen LogP contribution in [0.5, 0.6) is 11.8 Å². The molecule has 1 N–H and O–H groups in total. The molecule has 4 aromatic rings. The number of hydrogen-bond acceptors (Lipinski definition) is 9. The van der Waals surface area contributed by atoms with Gasteiger partial charge in [-0.15, -0.1) is 0 Å². The van der Waals surface area contributed by atoms with Crippen LogP contribution >= 0.6 is 11.6 Å². The number of halogens is 2. The predicted molar refractivity (Wildman–Crippen MR) is 191 cm³/mol. The molecule has 4 aliphatic rings. The largest absolute Gasteiger partial charge is 0.508 e. The fourth-order valence-corrected chi connectivity index (χ4v) is 8.17. The van der Waals surface area contributed by atoms with E-state index in [-0.39, 0.29) is 46.4 Å². The van der Waals surface area contributed by atoms with Gasteiger partial charge in [-0.3, -0.25) is 9.80 Å². The first-order chi connectivity index (χ1) is 24.0. The van der Waals surface area contributed by atoms with E-state index in [0.29, 0.717) is 52.3 Å². The van der Waals surface area contributed by atoms with Crippen molar-refractivity contribution in [3.05, 3.63) is 53.3 Å². The van der Waals surface area contributed by atoms with E-state index in [1.807, 2.05) is 37.8 Å². The molecule has 12 heteroatoms. The average molecular weight is 704 g/mol. The second-order valence-electron chi connectivity index (χ2n) is 15.3. The number of carbonyl (C=O) groups is 1. The molecular formula is C38H43ClFN5O5. The minimum Gasteiger partial charge on any atom is -0.508 e. The van der Waals surface area contributed by atoms with Crippen LogP contribution in [0.2, 0.25) is 5.02 Å². The molecule has 4 fully saturated rings. The SMILES string of the molecule is CC(C)(C)OC(=O)N1C2CCC1CN(c1nc(OCC3(CN4CCOCC4)CC3)nc3c(F)c(-c4cc(O)cc5cccc(Cl)c45)ccc13)C2. The lowest BCUT2D eigenvalue weighted by Crippen LogP contribution is -2.57. The Bertz CT molecular complexity index is 1950. The topological polar surface area (TPSA) is 100 Å². The zero-order valence-electron chi connectivity index (χ0n) is 28.8. The molecule has 2 unspecified atom stereocenters. The predicted octanol–water partition coefficient (Wildman–Crippen LogP) is 7.03. The number of anilines is 1. The quantitative estimate of drug-likeness (QED) is 0.218. The molecule has 264 valence electrons. The Morgan fingerprint density at radius 3 is 2.50 bits per heavy atom. The van der Waals surface area contributed by atoms with Crippen molar-refractivity contribution in [1.82, 2.24) is 19.8 Å². The highest BCUT2D eigenvalue weighted by molar-refractivity contribution is 6.36. The van der Waals surface area contributed by atoms with Gasteiger partial charge in [-0.2, -0.15) is 9.97 Å². The second-order valence-corrected chi connectivity index (χ2v) is 15.7. The van der Waals surface area contributed by atoms with Crippen molar-refractivity contribution >= 4 is 45.2 Å². The Hall–Kier alpha value is -3.93. The number of rotatable bonds is 7. The molecule has 4 heterocycles. The van der Waals surface area contributed by atoms with Crippen LogP contribution in [-0.2, 0) is 9.47 Å². The number of phenolic OH excluding ortho intramolecular Hbond substituents is 1. The van der Waals surface area contributed by atoms with Crippen molar-refractivity contribution in [1.29, 1.82) is 0 Å². The number of amides is 1. The number of nitrogens with zero attached hydrogens (tertiary/aromatic N) is 5. The Balaban J connectivity index is 1.17. The third-order valence-corrected chi connectivity index (χ3v) is 10.8. The molecule has 2 bridgehead atoms. The Morgan fingerprint density at radius 2 is 1.80 bits per heavy atom. The zero-order chi connectivity index (χ0) is 34.8. The van der Waals surface area contributed by atoms with Crippen LogP contribution in [0.4, 0.5) is 15.0 Å². The van der Waals surface area contributed by atoms with E-state index in [9.17, 15) is 9.90 Å². The van der Waals surface area contributed by atoms with E-state index >= 15 is 4.39 Å². The molecule has 0 spiro atoms. The number of benzene rings is 3. The average Bonchev–Trinajstić information content (AvgIpc) is 3.78. The van der Waals surface area contributed by atoms with Crippen LogP contribution in [-0.4, -0.2) is 101 Å². The molecule has 3 saturated heterocycles. The van der Waals surface area contributed by atoms with E-state index in [1.165, 1.54) is 6.07 Å². The normalized spacial score (nSPS) is 21.9. The van der Waals surface area contributed by atoms with Gasteiger partial charge < -0.3 is 24.2 Å². The highest BCUT2D eigenvalue weighted by atomic mass is 35.5. The summed E-state index contributed by atoms with van der Waals surface area (Å²) in [5, 5.41) is 13.0. The van der Waals surface area contributed by atoms with Gasteiger partial charge in [0.2, 0.25) is 0 Å². The van der Waals surface area contributed by atoms with Crippen LogP contribution in [0.1, 0.15) is 46.5 Å². The lowest BCUT2D eigenvalue weighted by atomic mass is 9.96. The Labute approximate surface area is 296 Å². The molecule has 1 amide bonds. The summed E-state index contributed by atoms with van der Waals surface area (Å²) in [6, 6.07) is 12.1. The van der Waals surface area contributed by atoms with Crippen LogP contribution < -0.4 is 9.64 Å². The van der Waals surface area contributed by atoms with Gasteiger partial charge in [0.1, 0.15) is 22.7 Å². The molecule has 1 aliphatic carbocycles. The van der Waals surface area contributed by atoms with Gasteiger partial charge >= 0.3 is 12.1 Å². The van der Waals surface area contributed by atoms with Gasteiger partial charge in [0, 0.05) is 59.5 Å². The first-order valence-electron chi connectivity index (χ1n) is 17.6. The number of fused-ring (bicyclic) bond motifs is 4. The van der Waals surface area contributed by atoms with Crippen molar-refractivity contribution in [2.45, 2.75) is 64.1 Å². The number of carbonyl (C=O) groups excluding carboxylic acids is 1. The third kappa shape index (κ3) is 6.39. The van der Waals surface area contributed by atoms with Crippen molar-refractivity contribution in [2.24, 2.45) is 5.41 Å². The summed E-state index contributed by atoms with van der Waals surface area (Å²) < 4.78 is 34.7. The summed E-state index contributed by atoms with van der Waals surface area (Å²) in [5.41, 5.74) is 0.281. The van der Waals surface area contributed by atoms with Gasteiger partial charge in [-0.25, -0.2) is 9.18 Å². The van der Waals surface area contributed by atoms with Crippen molar-refractivity contribution in [2.75, 3.05) is 57.4 Å². The maximum atomic E-state index is 17.0. The van der Waals surface area contributed by atoms with Crippen molar-refractivity contribution in [3.63, 3.8) is 0 Å². The Morgan fingerprint density at radius 1 is 1.06 bits per heavy atom. The number of phenols is 1. The molecule has 10 nitrogen and oxygen atoms in total. The van der Waals surface area contributed by atoms with Gasteiger partial charge in [0.15, 0.2) is 5.82 Å². The van der Waals surface area contributed by atoms with E-state index in [0.717, 1.165) is 58.5 Å². The van der Waals surface area contributed by atoms with Crippen LogP contribution in [0.15, 0.2) is 42.5 Å². The highest BCUT2D eigenvalue weighted by Crippen LogP contribution is 2.47. The van der Waals surface area contributed by atoms with Gasteiger partial charge in [0.05, 0.1) is 31.9 Å². The maximum Gasteiger partial charge on any atom is 0.410 e. The minimum atomic E-state index is -0.593. The lowest BCUT2D eigenvalue weighted by molar-refractivity contribution is 0.0122. The lowest BCUT2D eigenvalue weighted by Gasteiger charge is -2.42. The number of hydrogen-bond donors (Lipinski definition) is 1. The molecule has 3 aliphatic heterocycles. The maximum absolute atomic E-state index is 17.0. The van der Waals surface area contributed by atoms with Gasteiger partial charge in [0.25, 0.3) is 0 Å².